The van der Waals surface area contributed by atoms with Crippen molar-refractivity contribution in [3.05, 3.63) is 107 Å². The van der Waals surface area contributed by atoms with Gasteiger partial charge in [0.1, 0.15) is 17.6 Å². The molecule has 0 saturated carbocycles. The molecule has 0 aliphatic heterocycles. The average molecular weight is 613 g/mol. The first-order chi connectivity index (χ1) is 20.6. The van der Waals surface area contributed by atoms with E-state index in [1.165, 1.54) is 61.0 Å². The number of aromatic nitrogens is 2. The summed E-state index contributed by atoms with van der Waals surface area (Å²) in [6.45, 7) is 4.42. The monoisotopic (exact) mass is 612 g/mol. The van der Waals surface area contributed by atoms with E-state index in [1.54, 1.807) is 20.0 Å². The van der Waals surface area contributed by atoms with Crippen LogP contribution in [0.2, 0.25) is 0 Å². The lowest BCUT2D eigenvalue weighted by Gasteiger charge is -2.27. The Morgan fingerprint density at radius 2 is 1.55 bits per heavy atom. The van der Waals surface area contributed by atoms with E-state index < -0.39 is 47.2 Å². The summed E-state index contributed by atoms with van der Waals surface area (Å²) in [5.41, 5.74) is -1.05. The van der Waals surface area contributed by atoms with Gasteiger partial charge in [0.05, 0.1) is 16.9 Å². The lowest BCUT2D eigenvalue weighted by Crippen LogP contribution is -2.49. The van der Waals surface area contributed by atoms with E-state index in [0.29, 0.717) is 22.6 Å². The summed E-state index contributed by atoms with van der Waals surface area (Å²) in [5, 5.41) is 19.3. The van der Waals surface area contributed by atoms with Gasteiger partial charge in [-0.25, -0.2) is 14.0 Å². The van der Waals surface area contributed by atoms with Gasteiger partial charge in [-0.05, 0) is 56.7 Å². The second-order valence-corrected chi connectivity index (χ2v) is 10.2. The molecule has 0 radical (unpaired) electrons. The lowest BCUT2D eigenvalue weighted by atomic mass is 9.90. The van der Waals surface area contributed by atoms with Gasteiger partial charge < -0.3 is 15.2 Å². The molecule has 230 valence electrons. The Morgan fingerprint density at radius 1 is 0.955 bits per heavy atom. The number of hydrogen-bond donors (Lipinski definition) is 3. The maximum atomic E-state index is 14.1. The Hall–Kier alpha value is -5.20. The van der Waals surface area contributed by atoms with Crippen LogP contribution in [0.25, 0.3) is 11.3 Å². The van der Waals surface area contributed by atoms with Crippen molar-refractivity contribution in [1.29, 1.82) is 0 Å². The molecule has 3 aromatic carbocycles. The minimum atomic E-state index is -4.61. The standard InChI is InChI=1S/C31H28F4N4O5/c1-17-25(36-29(43)44-18(2)23-7-5-6-8-24(23)32)26(38-39(17)4)19-9-11-20(12-10-19)27(40)37-30(3,28(41)42)21-13-15-22(16-14-21)31(33,34)35/h5-16,18H,1-4H3,(H,36,43)(H,37,40)(H,41,42). The van der Waals surface area contributed by atoms with Gasteiger partial charge in [-0.2, -0.15) is 18.3 Å². The van der Waals surface area contributed by atoms with E-state index in [4.69, 9.17) is 4.74 Å². The quantitative estimate of drug-likeness (QED) is 0.193. The molecule has 1 heterocycles. The summed E-state index contributed by atoms with van der Waals surface area (Å²) >= 11 is 0. The van der Waals surface area contributed by atoms with Crippen LogP contribution in [0.3, 0.4) is 0 Å². The topological polar surface area (TPSA) is 123 Å². The molecule has 4 aromatic rings. The molecule has 3 N–H and O–H groups in total. The van der Waals surface area contributed by atoms with Gasteiger partial charge in [0, 0.05) is 23.7 Å². The summed E-state index contributed by atoms with van der Waals surface area (Å²) in [6.07, 6.45) is -6.33. The first kappa shape index (κ1) is 31.7. The number of alkyl halides is 3. The Balaban J connectivity index is 1.52. The van der Waals surface area contributed by atoms with Crippen molar-refractivity contribution in [2.45, 2.75) is 38.6 Å². The van der Waals surface area contributed by atoms with Crippen molar-refractivity contribution in [2.75, 3.05) is 5.32 Å². The Morgan fingerprint density at radius 3 is 2.11 bits per heavy atom. The van der Waals surface area contributed by atoms with Gasteiger partial charge in [0.15, 0.2) is 5.54 Å². The molecule has 0 fully saturated rings. The minimum absolute atomic E-state index is 0.0566. The molecular weight excluding hydrogens is 584 g/mol. The third-order valence-electron chi connectivity index (χ3n) is 7.19. The number of carboxylic acid groups (broad SMARTS) is 1. The number of anilines is 1. The minimum Gasteiger partial charge on any atom is -0.479 e. The van der Waals surface area contributed by atoms with Crippen LogP contribution in [0.1, 0.15) is 52.7 Å². The highest BCUT2D eigenvalue weighted by Gasteiger charge is 2.38. The van der Waals surface area contributed by atoms with Crippen molar-refractivity contribution in [1.82, 2.24) is 15.1 Å². The van der Waals surface area contributed by atoms with Gasteiger partial charge in [0.2, 0.25) is 0 Å². The molecule has 0 bridgehead atoms. The number of nitrogens with zero attached hydrogens (tertiary/aromatic N) is 2. The zero-order valence-electron chi connectivity index (χ0n) is 24.0. The summed E-state index contributed by atoms with van der Waals surface area (Å²) in [5.74, 6) is -2.78. The van der Waals surface area contributed by atoms with E-state index >= 15 is 0 Å². The third kappa shape index (κ3) is 6.56. The number of carbonyl (C=O) groups excluding carboxylic acids is 2. The first-order valence-corrected chi connectivity index (χ1v) is 13.2. The molecule has 2 amide bonds. The highest BCUT2D eigenvalue weighted by molar-refractivity contribution is 5.99. The molecule has 2 unspecified atom stereocenters. The highest BCUT2D eigenvalue weighted by atomic mass is 19.4. The molecule has 44 heavy (non-hydrogen) atoms. The summed E-state index contributed by atoms with van der Waals surface area (Å²) < 4.78 is 59.9. The smallest absolute Gasteiger partial charge is 0.416 e. The largest absolute Gasteiger partial charge is 0.479 e. The van der Waals surface area contributed by atoms with E-state index in [0.717, 1.165) is 24.3 Å². The molecule has 0 aliphatic carbocycles. The number of rotatable bonds is 8. The van der Waals surface area contributed by atoms with Crippen LogP contribution in [0.4, 0.5) is 28.0 Å². The number of ether oxygens (including phenoxy) is 1. The first-order valence-electron chi connectivity index (χ1n) is 13.2. The van der Waals surface area contributed by atoms with Crippen molar-refractivity contribution in [3.8, 4) is 11.3 Å². The van der Waals surface area contributed by atoms with Gasteiger partial charge in [-0.1, -0.05) is 42.5 Å². The zero-order chi connectivity index (χ0) is 32.4. The van der Waals surface area contributed by atoms with Gasteiger partial charge >= 0.3 is 18.2 Å². The number of carbonyl (C=O) groups is 3. The van der Waals surface area contributed by atoms with Crippen LogP contribution in [0.5, 0.6) is 0 Å². The Bertz CT molecular complexity index is 1700. The van der Waals surface area contributed by atoms with Crippen molar-refractivity contribution >= 4 is 23.7 Å². The predicted molar refractivity (Wildman–Crippen MR) is 152 cm³/mol. The van der Waals surface area contributed by atoms with Crippen LogP contribution < -0.4 is 10.6 Å². The fourth-order valence-electron chi connectivity index (χ4n) is 4.44. The van der Waals surface area contributed by atoms with Crippen LogP contribution in [0.15, 0.2) is 72.8 Å². The number of aliphatic carboxylic acids is 1. The van der Waals surface area contributed by atoms with Gasteiger partial charge in [0.25, 0.3) is 5.91 Å². The molecule has 0 aliphatic rings. The molecule has 13 heteroatoms. The van der Waals surface area contributed by atoms with Crippen LogP contribution >= 0.6 is 0 Å². The molecule has 0 spiro atoms. The molecule has 1 aromatic heterocycles. The fourth-order valence-corrected chi connectivity index (χ4v) is 4.44. The fraction of sp³-hybridized carbons (Fsp3) is 0.226. The Kier molecular flexibility index (Phi) is 8.79. The molecule has 0 saturated heterocycles. The van der Waals surface area contributed by atoms with Crippen molar-refractivity contribution in [3.63, 3.8) is 0 Å². The molecule has 9 nitrogen and oxygen atoms in total. The average Bonchev–Trinajstić information content (AvgIpc) is 3.25. The molecule has 4 rings (SSSR count). The van der Waals surface area contributed by atoms with E-state index in [2.05, 4.69) is 15.7 Å². The maximum Gasteiger partial charge on any atom is 0.416 e. The summed E-state index contributed by atoms with van der Waals surface area (Å²) in [4.78, 5) is 37.9. The number of amides is 2. The van der Waals surface area contributed by atoms with Gasteiger partial charge in [-0.15, -0.1) is 0 Å². The van der Waals surface area contributed by atoms with Crippen LogP contribution in [-0.2, 0) is 28.3 Å². The zero-order valence-corrected chi connectivity index (χ0v) is 24.0. The van der Waals surface area contributed by atoms with E-state index in [1.807, 2.05) is 0 Å². The maximum absolute atomic E-state index is 14.1. The third-order valence-corrected chi connectivity index (χ3v) is 7.19. The number of carboxylic acids is 1. The number of hydrogen-bond acceptors (Lipinski definition) is 5. The van der Waals surface area contributed by atoms with E-state index in [-0.39, 0.29) is 16.7 Å². The summed E-state index contributed by atoms with van der Waals surface area (Å²) in [7, 11) is 1.66. The highest BCUT2D eigenvalue weighted by Crippen LogP contribution is 2.33. The van der Waals surface area contributed by atoms with Crippen molar-refractivity contribution in [2.24, 2.45) is 7.05 Å². The van der Waals surface area contributed by atoms with E-state index in [9.17, 15) is 37.1 Å². The molecular formula is C31H28F4N4O5. The lowest BCUT2D eigenvalue weighted by molar-refractivity contribution is -0.144. The SMILES string of the molecule is Cc1c(NC(=O)OC(C)c2ccccc2F)c(-c2ccc(C(=O)NC(C)(C(=O)O)c3ccc(C(F)(F)F)cc3)cc2)nn1C. The predicted octanol–water partition coefficient (Wildman–Crippen LogP) is 6.59. The number of nitrogens with one attached hydrogen (secondary N) is 2. The second-order valence-electron chi connectivity index (χ2n) is 10.2. The van der Waals surface area contributed by atoms with Crippen molar-refractivity contribution < 1.29 is 41.8 Å². The number of aryl methyl sites for hydroxylation is 1. The van der Waals surface area contributed by atoms with Crippen LogP contribution in [0, 0.1) is 12.7 Å². The number of halogens is 4. The summed E-state index contributed by atoms with van der Waals surface area (Å²) in [6, 6.07) is 15.3. The number of benzene rings is 3. The second kappa shape index (κ2) is 12.2. The van der Waals surface area contributed by atoms with Crippen LogP contribution in [-0.4, -0.2) is 32.9 Å². The normalized spacial score (nSPS) is 13.5. The Labute approximate surface area is 249 Å². The van der Waals surface area contributed by atoms with Gasteiger partial charge in [-0.3, -0.25) is 14.8 Å². The molecule has 2 atom stereocenters.